The molecule has 114 valence electrons. The average molecular weight is 353 g/mol. The predicted octanol–water partition coefficient (Wildman–Crippen LogP) is 3.82. The van der Waals surface area contributed by atoms with E-state index >= 15 is 0 Å². The van der Waals surface area contributed by atoms with Gasteiger partial charge >= 0.3 is 0 Å². The first kappa shape index (κ1) is 16.0. The van der Waals surface area contributed by atoms with Crippen molar-refractivity contribution in [3.8, 4) is 5.75 Å². The molecular formula is C16H21BrN2O2. The zero-order valence-corrected chi connectivity index (χ0v) is 14.1. The lowest BCUT2D eigenvalue weighted by molar-refractivity contribution is -0.123. The summed E-state index contributed by atoms with van der Waals surface area (Å²) in [5.41, 5.74) is 4.74. The highest BCUT2D eigenvalue weighted by molar-refractivity contribution is 9.10. The summed E-state index contributed by atoms with van der Waals surface area (Å²) in [5.74, 6) is 1.13. The molecule has 1 aromatic carbocycles. The molecule has 4 nitrogen and oxygen atoms in total. The number of carbonyl (C=O) groups is 1. The zero-order chi connectivity index (χ0) is 15.2. The Morgan fingerprint density at radius 3 is 3.05 bits per heavy atom. The number of amides is 1. The molecule has 0 radical (unpaired) electrons. The number of rotatable bonds is 4. The smallest absolute Gasteiger partial charge is 0.277 e. The molecule has 21 heavy (non-hydrogen) atoms. The van der Waals surface area contributed by atoms with E-state index in [1.54, 1.807) is 0 Å². The quantitative estimate of drug-likeness (QED) is 0.837. The molecule has 1 aliphatic carbocycles. The van der Waals surface area contributed by atoms with Crippen molar-refractivity contribution < 1.29 is 9.53 Å². The Kier molecular flexibility index (Phi) is 5.79. The first-order valence-corrected chi connectivity index (χ1v) is 8.07. The Morgan fingerprint density at radius 1 is 1.52 bits per heavy atom. The molecule has 1 unspecified atom stereocenters. The average Bonchev–Trinajstić information content (AvgIpc) is 2.46. The second kappa shape index (κ2) is 7.59. The first-order chi connectivity index (χ1) is 10.0. The predicted molar refractivity (Wildman–Crippen MR) is 87.6 cm³/mol. The van der Waals surface area contributed by atoms with Crippen LogP contribution in [0.3, 0.4) is 0 Å². The van der Waals surface area contributed by atoms with E-state index in [0.29, 0.717) is 11.7 Å². The Hall–Kier alpha value is -1.36. The number of hydrogen-bond donors (Lipinski definition) is 1. The highest BCUT2D eigenvalue weighted by atomic mass is 79.9. The molecule has 1 amide bonds. The molecule has 1 aromatic rings. The van der Waals surface area contributed by atoms with E-state index in [1.165, 1.54) is 6.42 Å². The van der Waals surface area contributed by atoms with E-state index in [9.17, 15) is 4.79 Å². The molecule has 5 heteroatoms. The van der Waals surface area contributed by atoms with E-state index in [0.717, 1.165) is 35.0 Å². The van der Waals surface area contributed by atoms with Gasteiger partial charge in [0.25, 0.3) is 5.91 Å². The minimum absolute atomic E-state index is 0.0204. The first-order valence-electron chi connectivity index (χ1n) is 7.28. The van der Waals surface area contributed by atoms with E-state index in [-0.39, 0.29) is 12.5 Å². The van der Waals surface area contributed by atoms with Crippen LogP contribution in [0.25, 0.3) is 0 Å². The van der Waals surface area contributed by atoms with Gasteiger partial charge in [0.05, 0.1) is 0 Å². The minimum Gasteiger partial charge on any atom is -0.484 e. The van der Waals surface area contributed by atoms with Gasteiger partial charge in [0.15, 0.2) is 6.61 Å². The number of ether oxygens (including phenoxy) is 1. The Labute approximate surface area is 134 Å². The number of hydrogen-bond acceptors (Lipinski definition) is 3. The van der Waals surface area contributed by atoms with Crippen LogP contribution in [-0.4, -0.2) is 18.2 Å². The van der Waals surface area contributed by atoms with Crippen molar-refractivity contribution in [3.63, 3.8) is 0 Å². The van der Waals surface area contributed by atoms with Crippen molar-refractivity contribution in [1.82, 2.24) is 5.43 Å². The Balaban J connectivity index is 1.79. The molecule has 0 aromatic heterocycles. The molecule has 1 saturated carbocycles. The summed E-state index contributed by atoms with van der Waals surface area (Å²) in [6.45, 7) is 4.18. The van der Waals surface area contributed by atoms with Gasteiger partial charge in [0.2, 0.25) is 0 Å². The summed E-state index contributed by atoms with van der Waals surface area (Å²) < 4.78 is 6.49. The summed E-state index contributed by atoms with van der Waals surface area (Å²) in [5, 5.41) is 4.21. The van der Waals surface area contributed by atoms with Crippen LogP contribution >= 0.6 is 15.9 Å². The summed E-state index contributed by atoms with van der Waals surface area (Å²) >= 11 is 3.43. The lowest BCUT2D eigenvalue weighted by Crippen LogP contribution is -2.27. The normalized spacial score (nSPS) is 20.3. The van der Waals surface area contributed by atoms with Crippen LogP contribution in [0.5, 0.6) is 5.75 Å². The van der Waals surface area contributed by atoms with Crippen molar-refractivity contribution in [1.29, 1.82) is 0 Å². The minimum atomic E-state index is -0.221. The van der Waals surface area contributed by atoms with Gasteiger partial charge in [-0.2, -0.15) is 5.10 Å². The number of hydrazone groups is 1. The number of carbonyl (C=O) groups excluding carboxylic acids is 1. The second-order valence-corrected chi connectivity index (χ2v) is 6.47. The molecule has 1 aliphatic rings. The van der Waals surface area contributed by atoms with Gasteiger partial charge in [-0.3, -0.25) is 4.79 Å². The van der Waals surface area contributed by atoms with Crippen molar-refractivity contribution in [2.24, 2.45) is 11.0 Å². The van der Waals surface area contributed by atoms with E-state index < -0.39 is 0 Å². The van der Waals surface area contributed by atoms with Crippen LogP contribution in [0.1, 0.15) is 38.2 Å². The summed E-state index contributed by atoms with van der Waals surface area (Å²) in [6.07, 6.45) is 4.37. The van der Waals surface area contributed by atoms with Gasteiger partial charge in [-0.25, -0.2) is 5.43 Å². The number of halogens is 1. The molecule has 0 bridgehead atoms. The fraction of sp³-hybridized carbons (Fsp3) is 0.500. The van der Waals surface area contributed by atoms with E-state index in [2.05, 4.69) is 33.4 Å². The lowest BCUT2D eigenvalue weighted by atomic mass is 9.89. The summed E-state index contributed by atoms with van der Waals surface area (Å²) in [6, 6.07) is 5.64. The summed E-state index contributed by atoms with van der Waals surface area (Å²) in [7, 11) is 0. The molecule has 0 saturated heterocycles. The molecule has 1 fully saturated rings. The van der Waals surface area contributed by atoms with Crippen LogP contribution in [0, 0.1) is 12.8 Å². The molecule has 1 atom stereocenters. The standard InChI is InChI=1S/C16H21BrN2O2/c1-11-4-3-5-13(8-11)18-19-16(20)10-21-14-6-7-15(17)12(2)9-14/h6-7,9,11H,3-5,8,10H2,1-2H3,(H,19,20)/b18-13+. The van der Waals surface area contributed by atoms with E-state index in [4.69, 9.17) is 4.74 Å². The molecule has 0 aliphatic heterocycles. The van der Waals surface area contributed by atoms with Crippen LogP contribution in [-0.2, 0) is 4.79 Å². The van der Waals surface area contributed by atoms with Crippen LogP contribution in [0.4, 0.5) is 0 Å². The third-order valence-corrected chi connectivity index (χ3v) is 4.47. The number of aryl methyl sites for hydroxylation is 1. The molecule has 1 N–H and O–H groups in total. The maximum atomic E-state index is 11.7. The largest absolute Gasteiger partial charge is 0.484 e. The maximum absolute atomic E-state index is 11.7. The van der Waals surface area contributed by atoms with Crippen LogP contribution in [0.2, 0.25) is 0 Å². The maximum Gasteiger partial charge on any atom is 0.277 e. The fourth-order valence-electron chi connectivity index (χ4n) is 2.39. The molecule has 0 spiro atoms. The van der Waals surface area contributed by atoms with Crippen molar-refractivity contribution >= 4 is 27.5 Å². The van der Waals surface area contributed by atoms with E-state index in [1.807, 2.05) is 25.1 Å². The monoisotopic (exact) mass is 352 g/mol. The molecule has 2 rings (SSSR count). The van der Waals surface area contributed by atoms with Gasteiger partial charge in [0, 0.05) is 10.2 Å². The highest BCUT2D eigenvalue weighted by Crippen LogP contribution is 2.22. The third kappa shape index (κ3) is 5.16. The van der Waals surface area contributed by atoms with Gasteiger partial charge in [0.1, 0.15) is 5.75 Å². The third-order valence-electron chi connectivity index (χ3n) is 3.58. The van der Waals surface area contributed by atoms with Gasteiger partial charge in [-0.15, -0.1) is 0 Å². The molecular weight excluding hydrogens is 332 g/mol. The van der Waals surface area contributed by atoms with Crippen LogP contribution < -0.4 is 10.2 Å². The van der Waals surface area contributed by atoms with Gasteiger partial charge in [-0.05, 0) is 62.3 Å². The van der Waals surface area contributed by atoms with Crippen molar-refractivity contribution in [2.75, 3.05) is 6.61 Å². The second-order valence-electron chi connectivity index (χ2n) is 5.61. The number of benzene rings is 1. The topological polar surface area (TPSA) is 50.7 Å². The van der Waals surface area contributed by atoms with Gasteiger partial charge < -0.3 is 4.74 Å². The lowest BCUT2D eigenvalue weighted by Gasteiger charge is -2.18. The molecule has 0 heterocycles. The van der Waals surface area contributed by atoms with Crippen LogP contribution in [0.15, 0.2) is 27.8 Å². The Bertz CT molecular complexity index is 543. The number of nitrogens with one attached hydrogen (secondary N) is 1. The zero-order valence-electron chi connectivity index (χ0n) is 12.5. The van der Waals surface area contributed by atoms with Crippen molar-refractivity contribution in [2.45, 2.75) is 39.5 Å². The van der Waals surface area contributed by atoms with Gasteiger partial charge in [-0.1, -0.05) is 22.9 Å². The summed E-state index contributed by atoms with van der Waals surface area (Å²) in [4.78, 5) is 11.7. The highest BCUT2D eigenvalue weighted by Gasteiger charge is 2.14. The fourth-order valence-corrected chi connectivity index (χ4v) is 2.64. The van der Waals surface area contributed by atoms with Crippen molar-refractivity contribution in [3.05, 3.63) is 28.2 Å². The Morgan fingerprint density at radius 2 is 2.33 bits per heavy atom. The number of nitrogens with zero attached hydrogens (tertiary/aromatic N) is 1. The SMILES string of the molecule is Cc1cc(OCC(=O)N/N=C2\CCCC(C)C2)ccc1Br.